The van der Waals surface area contributed by atoms with Crippen molar-refractivity contribution in [3.8, 4) is 0 Å². The fraction of sp³-hybridized carbons (Fsp3) is 0.769. The van der Waals surface area contributed by atoms with Crippen LogP contribution in [0.2, 0.25) is 0 Å². The van der Waals surface area contributed by atoms with Gasteiger partial charge in [0.15, 0.2) is 0 Å². The fourth-order valence-electron chi connectivity index (χ4n) is 2.57. The molecule has 0 bridgehead atoms. The van der Waals surface area contributed by atoms with Gasteiger partial charge in [-0.2, -0.15) is 0 Å². The van der Waals surface area contributed by atoms with Crippen molar-refractivity contribution in [2.75, 3.05) is 13.6 Å². The largest absolute Gasteiger partial charge is 0.339 e. The van der Waals surface area contributed by atoms with Crippen LogP contribution in [0.3, 0.4) is 0 Å². The van der Waals surface area contributed by atoms with Gasteiger partial charge in [0.25, 0.3) is 5.91 Å². The zero-order chi connectivity index (χ0) is 13.0. The number of hydrogen-bond donors (Lipinski definition) is 1. The molecule has 1 heterocycles. The molecule has 1 aliphatic rings. The third-order valence-electron chi connectivity index (χ3n) is 3.56. The van der Waals surface area contributed by atoms with E-state index in [0.29, 0.717) is 11.7 Å². The van der Waals surface area contributed by atoms with E-state index in [1.54, 1.807) is 4.90 Å². The van der Waals surface area contributed by atoms with Crippen LogP contribution < -0.4 is 0 Å². The van der Waals surface area contributed by atoms with Crippen LogP contribution in [0.25, 0.3) is 0 Å². The van der Waals surface area contributed by atoms with Crippen LogP contribution >= 0.6 is 0 Å². The summed E-state index contributed by atoms with van der Waals surface area (Å²) in [5, 5.41) is 6.83. The molecule has 0 spiro atoms. The number of nitrogens with zero attached hydrogens (tertiary/aromatic N) is 3. The monoisotopic (exact) mass is 250 g/mol. The topological polar surface area (TPSA) is 61.9 Å². The number of aryl methyl sites for hydroxylation is 1. The first-order valence-electron chi connectivity index (χ1n) is 6.87. The second-order valence-electron chi connectivity index (χ2n) is 5.19. The summed E-state index contributed by atoms with van der Waals surface area (Å²) in [7, 11) is 1.84. The van der Waals surface area contributed by atoms with E-state index in [4.69, 9.17) is 0 Å². The van der Waals surface area contributed by atoms with Crippen LogP contribution in [0.4, 0.5) is 0 Å². The first kappa shape index (κ1) is 13.1. The minimum absolute atomic E-state index is 0.0690. The Hall–Kier alpha value is -1.39. The van der Waals surface area contributed by atoms with Crippen molar-refractivity contribution >= 4 is 5.91 Å². The van der Waals surface area contributed by atoms with Gasteiger partial charge < -0.3 is 4.90 Å². The van der Waals surface area contributed by atoms with E-state index in [2.05, 4.69) is 22.1 Å². The quantitative estimate of drug-likeness (QED) is 0.869. The van der Waals surface area contributed by atoms with Crippen LogP contribution in [0, 0.1) is 5.92 Å². The molecule has 1 N–H and O–H groups in total. The summed E-state index contributed by atoms with van der Waals surface area (Å²) in [5.41, 5.74) is 0. The third kappa shape index (κ3) is 3.09. The summed E-state index contributed by atoms with van der Waals surface area (Å²) in [4.78, 5) is 18.1. The van der Waals surface area contributed by atoms with E-state index in [9.17, 15) is 4.79 Å². The molecular weight excluding hydrogens is 228 g/mol. The van der Waals surface area contributed by atoms with Gasteiger partial charge in [-0.15, -0.1) is 5.10 Å². The Morgan fingerprint density at radius 2 is 2.17 bits per heavy atom. The first-order chi connectivity index (χ1) is 8.70. The van der Waals surface area contributed by atoms with Crippen molar-refractivity contribution < 1.29 is 4.79 Å². The number of H-pyrrole nitrogens is 1. The molecule has 1 aliphatic carbocycles. The second-order valence-corrected chi connectivity index (χ2v) is 5.19. The molecule has 0 aliphatic heterocycles. The van der Waals surface area contributed by atoms with Crippen molar-refractivity contribution in [3.05, 3.63) is 11.6 Å². The molecule has 0 saturated heterocycles. The maximum atomic E-state index is 12.1. The molecule has 100 valence electrons. The molecule has 2 rings (SSSR count). The second kappa shape index (κ2) is 5.98. The highest BCUT2D eigenvalue weighted by molar-refractivity contribution is 5.90. The Labute approximate surface area is 108 Å². The van der Waals surface area contributed by atoms with Crippen LogP contribution in [0.15, 0.2) is 0 Å². The molecule has 0 radical (unpaired) electrons. The highest BCUT2D eigenvalue weighted by Crippen LogP contribution is 2.25. The number of aromatic amines is 1. The fourth-order valence-corrected chi connectivity index (χ4v) is 2.57. The van der Waals surface area contributed by atoms with Gasteiger partial charge in [0, 0.05) is 20.0 Å². The highest BCUT2D eigenvalue weighted by atomic mass is 16.2. The lowest BCUT2D eigenvalue weighted by Crippen LogP contribution is -2.31. The van der Waals surface area contributed by atoms with E-state index in [1.807, 2.05) is 7.05 Å². The number of hydrogen-bond acceptors (Lipinski definition) is 3. The van der Waals surface area contributed by atoms with E-state index in [-0.39, 0.29) is 5.91 Å². The Morgan fingerprint density at radius 3 is 2.83 bits per heavy atom. The Kier molecular flexibility index (Phi) is 4.33. The molecule has 1 aromatic rings. The third-order valence-corrected chi connectivity index (χ3v) is 3.56. The van der Waals surface area contributed by atoms with Gasteiger partial charge >= 0.3 is 0 Å². The van der Waals surface area contributed by atoms with Crippen LogP contribution in [0.5, 0.6) is 0 Å². The minimum Gasteiger partial charge on any atom is -0.339 e. The number of aromatic nitrogens is 3. The molecule has 18 heavy (non-hydrogen) atoms. The van der Waals surface area contributed by atoms with Crippen LogP contribution in [-0.4, -0.2) is 39.6 Å². The van der Waals surface area contributed by atoms with Gasteiger partial charge in [-0.25, -0.2) is 4.98 Å². The predicted molar refractivity (Wildman–Crippen MR) is 69.3 cm³/mol. The SMILES string of the molecule is CCCc1nc(C(=O)N(C)CC2CCCC2)n[nH]1. The zero-order valence-electron chi connectivity index (χ0n) is 11.3. The van der Waals surface area contributed by atoms with Gasteiger partial charge in [0.2, 0.25) is 5.82 Å². The lowest BCUT2D eigenvalue weighted by Gasteiger charge is -2.19. The number of carbonyl (C=O) groups is 1. The maximum absolute atomic E-state index is 12.1. The normalized spacial score (nSPS) is 16.1. The van der Waals surface area contributed by atoms with Crippen molar-refractivity contribution in [3.63, 3.8) is 0 Å². The van der Waals surface area contributed by atoms with E-state index in [0.717, 1.165) is 25.2 Å². The zero-order valence-corrected chi connectivity index (χ0v) is 11.3. The average Bonchev–Trinajstić information content (AvgIpc) is 3.00. The Bertz CT molecular complexity index is 395. The Balaban J connectivity index is 1.91. The number of carbonyl (C=O) groups excluding carboxylic acids is 1. The summed E-state index contributed by atoms with van der Waals surface area (Å²) >= 11 is 0. The van der Waals surface area contributed by atoms with E-state index < -0.39 is 0 Å². The molecular formula is C13H22N4O. The summed E-state index contributed by atoms with van der Waals surface area (Å²) in [6, 6.07) is 0. The molecule has 0 aromatic carbocycles. The molecule has 1 aromatic heterocycles. The van der Waals surface area contributed by atoms with Crippen molar-refractivity contribution in [1.82, 2.24) is 20.1 Å². The number of rotatable bonds is 5. The lowest BCUT2D eigenvalue weighted by molar-refractivity contribution is 0.0761. The van der Waals surface area contributed by atoms with Gasteiger partial charge in [-0.3, -0.25) is 9.89 Å². The molecule has 1 saturated carbocycles. The van der Waals surface area contributed by atoms with Gasteiger partial charge in [0.05, 0.1) is 0 Å². The maximum Gasteiger partial charge on any atom is 0.293 e. The van der Waals surface area contributed by atoms with Crippen molar-refractivity contribution in [1.29, 1.82) is 0 Å². The Morgan fingerprint density at radius 1 is 1.44 bits per heavy atom. The summed E-state index contributed by atoms with van der Waals surface area (Å²) in [5.74, 6) is 1.70. The van der Waals surface area contributed by atoms with Crippen LogP contribution in [-0.2, 0) is 6.42 Å². The summed E-state index contributed by atoms with van der Waals surface area (Å²) in [6.07, 6.45) is 6.93. The van der Waals surface area contributed by atoms with Gasteiger partial charge in [-0.1, -0.05) is 19.8 Å². The van der Waals surface area contributed by atoms with E-state index >= 15 is 0 Å². The lowest BCUT2D eigenvalue weighted by atomic mass is 10.1. The summed E-state index contributed by atoms with van der Waals surface area (Å²) in [6.45, 7) is 2.91. The smallest absolute Gasteiger partial charge is 0.293 e. The molecule has 0 atom stereocenters. The van der Waals surface area contributed by atoms with Crippen molar-refractivity contribution in [2.45, 2.75) is 45.4 Å². The van der Waals surface area contributed by atoms with Crippen LogP contribution in [0.1, 0.15) is 55.5 Å². The first-order valence-corrected chi connectivity index (χ1v) is 6.87. The molecule has 5 nitrogen and oxygen atoms in total. The van der Waals surface area contributed by atoms with Gasteiger partial charge in [0.1, 0.15) is 5.82 Å². The standard InChI is InChI=1S/C13H22N4O/c1-3-6-11-14-12(16-15-11)13(18)17(2)9-10-7-4-5-8-10/h10H,3-9H2,1-2H3,(H,14,15,16). The molecule has 1 amide bonds. The summed E-state index contributed by atoms with van der Waals surface area (Å²) < 4.78 is 0. The minimum atomic E-state index is -0.0690. The number of nitrogens with one attached hydrogen (secondary N) is 1. The predicted octanol–water partition coefficient (Wildman–Crippen LogP) is 2.02. The van der Waals surface area contributed by atoms with Gasteiger partial charge in [-0.05, 0) is 25.2 Å². The molecule has 0 unspecified atom stereocenters. The van der Waals surface area contributed by atoms with E-state index in [1.165, 1.54) is 25.7 Å². The number of amides is 1. The molecule has 5 heteroatoms. The highest BCUT2D eigenvalue weighted by Gasteiger charge is 2.22. The van der Waals surface area contributed by atoms with Crippen molar-refractivity contribution in [2.24, 2.45) is 5.92 Å². The molecule has 1 fully saturated rings. The average molecular weight is 250 g/mol.